The van der Waals surface area contributed by atoms with E-state index in [2.05, 4.69) is 32.5 Å². The van der Waals surface area contributed by atoms with E-state index in [0.29, 0.717) is 39.7 Å². The number of benzene rings is 3. The Morgan fingerprint density at radius 2 is 1.72 bits per heavy atom. The summed E-state index contributed by atoms with van der Waals surface area (Å²) in [7, 11) is 1.63. The molecule has 218 valence electrons. The number of anilines is 6. The van der Waals surface area contributed by atoms with Crippen molar-refractivity contribution in [1.29, 1.82) is 0 Å². The van der Waals surface area contributed by atoms with Crippen LogP contribution in [0.5, 0.6) is 0 Å². The fraction of sp³-hybridized carbons (Fsp3) is 0.156. The SMILES string of the molecule is C=CC(=O)Nc1cc(Nc2ncc3c(n2)N(C)C(=O)N(c2cc(NC(=O)c4c(C)cccc4F)ccc2C)C3)ccc1C. The van der Waals surface area contributed by atoms with E-state index in [1.165, 1.54) is 17.0 Å². The van der Waals surface area contributed by atoms with Gasteiger partial charge in [0, 0.05) is 35.9 Å². The van der Waals surface area contributed by atoms with Crippen molar-refractivity contribution in [1.82, 2.24) is 9.97 Å². The third-order valence-corrected chi connectivity index (χ3v) is 7.15. The zero-order valence-electron chi connectivity index (χ0n) is 24.2. The van der Waals surface area contributed by atoms with Crippen LogP contribution < -0.4 is 25.8 Å². The number of nitrogens with one attached hydrogen (secondary N) is 3. The monoisotopic (exact) mass is 579 g/mol. The Hall–Kier alpha value is -5.58. The van der Waals surface area contributed by atoms with Gasteiger partial charge in [0.15, 0.2) is 0 Å². The molecular formula is C32H30FN7O3. The molecule has 0 saturated carbocycles. The van der Waals surface area contributed by atoms with Crippen LogP contribution >= 0.6 is 0 Å². The zero-order valence-corrected chi connectivity index (χ0v) is 24.2. The van der Waals surface area contributed by atoms with Crippen LogP contribution in [0.15, 0.2) is 73.4 Å². The van der Waals surface area contributed by atoms with Gasteiger partial charge in [0.1, 0.15) is 11.6 Å². The van der Waals surface area contributed by atoms with Gasteiger partial charge in [-0.3, -0.25) is 19.4 Å². The lowest BCUT2D eigenvalue weighted by molar-refractivity contribution is -0.111. The number of fused-ring (bicyclic) bond motifs is 1. The topological polar surface area (TPSA) is 120 Å². The predicted molar refractivity (Wildman–Crippen MR) is 166 cm³/mol. The number of hydrogen-bond acceptors (Lipinski definition) is 6. The summed E-state index contributed by atoms with van der Waals surface area (Å²) < 4.78 is 14.4. The first-order valence-corrected chi connectivity index (χ1v) is 13.4. The Bertz CT molecular complexity index is 1770. The Labute approximate surface area is 248 Å². The number of carbonyl (C=O) groups excluding carboxylic acids is 3. The molecule has 1 aromatic heterocycles. The number of nitrogens with zero attached hydrogens (tertiary/aromatic N) is 4. The van der Waals surface area contributed by atoms with Gasteiger partial charge in [0.25, 0.3) is 5.91 Å². The summed E-state index contributed by atoms with van der Waals surface area (Å²) in [4.78, 5) is 50.3. The number of halogens is 1. The maximum absolute atomic E-state index is 14.4. The minimum absolute atomic E-state index is 0.0303. The Kier molecular flexibility index (Phi) is 7.89. The first kappa shape index (κ1) is 28.9. The third-order valence-electron chi connectivity index (χ3n) is 7.15. The second-order valence-electron chi connectivity index (χ2n) is 10.2. The Morgan fingerprint density at radius 3 is 2.47 bits per heavy atom. The quantitative estimate of drug-likeness (QED) is 0.223. The largest absolute Gasteiger partial charge is 0.330 e. The van der Waals surface area contributed by atoms with Crippen molar-refractivity contribution in [2.45, 2.75) is 27.3 Å². The average molecular weight is 580 g/mol. The van der Waals surface area contributed by atoms with Crippen LogP contribution in [0.4, 0.5) is 43.7 Å². The summed E-state index contributed by atoms with van der Waals surface area (Å²) in [6.45, 7) is 9.09. The number of carbonyl (C=O) groups is 3. The molecule has 11 heteroatoms. The predicted octanol–water partition coefficient (Wildman–Crippen LogP) is 6.24. The lowest BCUT2D eigenvalue weighted by Gasteiger charge is -2.35. The molecular weight excluding hydrogens is 549 g/mol. The smallest absolute Gasteiger partial charge is 0.324 e. The number of aromatic nitrogens is 2. The first-order valence-electron chi connectivity index (χ1n) is 13.4. The minimum atomic E-state index is -0.606. The van der Waals surface area contributed by atoms with Crippen molar-refractivity contribution in [3.63, 3.8) is 0 Å². The molecule has 3 aromatic carbocycles. The number of aryl methyl sites for hydroxylation is 3. The zero-order chi connectivity index (χ0) is 30.8. The molecule has 0 bridgehead atoms. The number of amides is 4. The summed E-state index contributed by atoms with van der Waals surface area (Å²) in [6.07, 6.45) is 2.85. The highest BCUT2D eigenvalue weighted by Gasteiger charge is 2.31. The molecule has 0 fully saturated rings. The van der Waals surface area contributed by atoms with Crippen molar-refractivity contribution >= 4 is 52.4 Å². The Morgan fingerprint density at radius 1 is 0.977 bits per heavy atom. The molecule has 43 heavy (non-hydrogen) atoms. The molecule has 1 aliphatic heterocycles. The van der Waals surface area contributed by atoms with Crippen LogP contribution in [0.25, 0.3) is 0 Å². The molecule has 2 heterocycles. The molecule has 4 amide bonds. The van der Waals surface area contributed by atoms with Gasteiger partial charge >= 0.3 is 6.03 Å². The summed E-state index contributed by atoms with van der Waals surface area (Å²) >= 11 is 0. The fourth-order valence-corrected chi connectivity index (χ4v) is 4.80. The van der Waals surface area contributed by atoms with E-state index in [0.717, 1.165) is 11.1 Å². The first-order chi connectivity index (χ1) is 20.5. The van der Waals surface area contributed by atoms with Crippen LogP contribution in [0, 0.1) is 26.6 Å². The normalized spacial score (nSPS) is 12.4. The van der Waals surface area contributed by atoms with Crippen LogP contribution in [0.2, 0.25) is 0 Å². The van der Waals surface area contributed by atoms with Crippen LogP contribution in [-0.2, 0) is 11.3 Å². The van der Waals surface area contributed by atoms with Crippen molar-refractivity contribution in [3.05, 3.63) is 107 Å². The summed E-state index contributed by atoms with van der Waals surface area (Å²) in [5.41, 5.74) is 5.16. The molecule has 0 saturated heterocycles. The Balaban J connectivity index is 1.38. The number of urea groups is 1. The van der Waals surface area contributed by atoms with Crippen LogP contribution in [0.1, 0.15) is 32.6 Å². The van der Waals surface area contributed by atoms with E-state index < -0.39 is 11.7 Å². The van der Waals surface area contributed by atoms with Gasteiger partial charge in [-0.25, -0.2) is 14.2 Å². The lowest BCUT2D eigenvalue weighted by Crippen LogP contribution is -2.46. The molecule has 10 nitrogen and oxygen atoms in total. The standard InChI is InChI=1S/C32H30FN7O3/c1-6-27(41)37-25-14-22(12-10-18(25)2)36-31-34-16-21-17-40(32(43)39(5)29(21)38-31)26-15-23(13-11-19(26)3)35-30(42)28-20(4)8-7-9-24(28)33/h6-16H,1,17H2,2-5H3,(H,35,42)(H,37,41)(H,34,36,38). The highest BCUT2D eigenvalue weighted by molar-refractivity contribution is 6.08. The third kappa shape index (κ3) is 5.91. The molecule has 0 unspecified atom stereocenters. The fourth-order valence-electron chi connectivity index (χ4n) is 4.80. The van der Waals surface area contributed by atoms with Crippen molar-refractivity contribution in [2.24, 2.45) is 0 Å². The van der Waals surface area contributed by atoms with E-state index in [9.17, 15) is 18.8 Å². The highest BCUT2D eigenvalue weighted by Crippen LogP contribution is 2.34. The summed E-state index contributed by atoms with van der Waals surface area (Å²) in [5, 5.41) is 8.65. The van der Waals surface area contributed by atoms with Gasteiger partial charge < -0.3 is 16.0 Å². The number of hydrogen-bond donors (Lipinski definition) is 3. The molecule has 4 aromatic rings. The van der Waals surface area contributed by atoms with E-state index in [1.54, 1.807) is 61.5 Å². The van der Waals surface area contributed by atoms with Crippen molar-refractivity contribution < 1.29 is 18.8 Å². The second kappa shape index (κ2) is 11.7. The molecule has 5 rings (SSSR count). The molecule has 0 spiro atoms. The second-order valence-corrected chi connectivity index (χ2v) is 10.2. The van der Waals surface area contributed by atoms with E-state index >= 15 is 0 Å². The molecule has 3 N–H and O–H groups in total. The van der Waals surface area contributed by atoms with Gasteiger partial charge in [-0.15, -0.1) is 0 Å². The van der Waals surface area contributed by atoms with Crippen molar-refractivity contribution in [2.75, 3.05) is 32.8 Å². The molecule has 1 aliphatic rings. The van der Waals surface area contributed by atoms with Gasteiger partial charge in [-0.05, 0) is 73.9 Å². The molecule has 0 radical (unpaired) electrons. The van der Waals surface area contributed by atoms with E-state index in [1.807, 2.05) is 26.0 Å². The van der Waals surface area contributed by atoms with E-state index in [4.69, 9.17) is 0 Å². The maximum atomic E-state index is 14.4. The van der Waals surface area contributed by atoms with Gasteiger partial charge in [-0.2, -0.15) is 4.98 Å². The number of rotatable bonds is 7. The average Bonchev–Trinajstić information content (AvgIpc) is 2.98. The van der Waals surface area contributed by atoms with Crippen LogP contribution in [-0.4, -0.2) is 34.9 Å². The maximum Gasteiger partial charge on any atom is 0.330 e. The molecule has 0 atom stereocenters. The van der Waals surface area contributed by atoms with Crippen LogP contribution in [0.3, 0.4) is 0 Å². The highest BCUT2D eigenvalue weighted by atomic mass is 19.1. The summed E-state index contributed by atoms with van der Waals surface area (Å²) in [6, 6.07) is 14.8. The van der Waals surface area contributed by atoms with Gasteiger partial charge in [0.05, 0.1) is 17.8 Å². The van der Waals surface area contributed by atoms with Crippen molar-refractivity contribution in [3.8, 4) is 0 Å². The van der Waals surface area contributed by atoms with Gasteiger partial charge in [-0.1, -0.05) is 30.8 Å². The van der Waals surface area contributed by atoms with Gasteiger partial charge in [0.2, 0.25) is 11.9 Å². The summed E-state index contributed by atoms with van der Waals surface area (Å²) in [5.74, 6) is -0.775. The van der Waals surface area contributed by atoms with E-state index in [-0.39, 0.29) is 30.0 Å². The molecule has 0 aliphatic carbocycles. The lowest BCUT2D eigenvalue weighted by atomic mass is 10.1. The minimum Gasteiger partial charge on any atom is -0.324 e.